The predicted molar refractivity (Wildman–Crippen MR) is 107 cm³/mol. The van der Waals surface area contributed by atoms with Crippen LogP contribution in [0.25, 0.3) is 0 Å². The molecule has 1 heterocycles. The molecule has 0 saturated carbocycles. The molecule has 9 heteroatoms. The molecule has 6 nitrogen and oxygen atoms in total. The van der Waals surface area contributed by atoms with Crippen LogP contribution in [0.5, 0.6) is 11.5 Å². The molecule has 26 heavy (non-hydrogen) atoms. The van der Waals surface area contributed by atoms with E-state index in [0.29, 0.717) is 34.4 Å². The number of halogens is 2. The quantitative estimate of drug-likeness (QED) is 0.506. The van der Waals surface area contributed by atoms with Gasteiger partial charge in [0.25, 0.3) is 0 Å². The van der Waals surface area contributed by atoms with Gasteiger partial charge >= 0.3 is 0 Å². The van der Waals surface area contributed by atoms with E-state index in [1.807, 2.05) is 36.4 Å². The molecule has 2 aromatic carbocycles. The summed E-state index contributed by atoms with van der Waals surface area (Å²) in [5.41, 5.74) is 5.05. The van der Waals surface area contributed by atoms with Crippen molar-refractivity contribution >= 4 is 39.7 Å². The fraction of sp³-hybridized carbons (Fsp3) is 0.176. The van der Waals surface area contributed by atoms with Crippen LogP contribution in [0, 0.1) is 4.77 Å². The largest absolute Gasteiger partial charge is 0.493 e. The first-order chi connectivity index (χ1) is 12.6. The molecule has 0 atom stereocenters. The zero-order valence-corrected chi connectivity index (χ0v) is 17.0. The Morgan fingerprint density at radius 2 is 2.08 bits per heavy atom. The van der Waals surface area contributed by atoms with Crippen molar-refractivity contribution in [2.24, 2.45) is 0 Å². The van der Waals surface area contributed by atoms with Crippen molar-refractivity contribution in [1.29, 1.82) is 0 Å². The summed E-state index contributed by atoms with van der Waals surface area (Å²) in [6.07, 6.45) is 1.58. The van der Waals surface area contributed by atoms with Crippen LogP contribution in [-0.4, -0.2) is 22.0 Å². The fourth-order valence-corrected chi connectivity index (χ4v) is 3.10. The molecule has 0 saturated heterocycles. The van der Waals surface area contributed by atoms with Gasteiger partial charge in [-0.2, -0.15) is 5.10 Å². The number of ether oxygens (including phenoxy) is 2. The lowest BCUT2D eigenvalue weighted by atomic mass is 10.2. The molecule has 0 aliphatic carbocycles. The van der Waals surface area contributed by atoms with Crippen molar-refractivity contribution in [3.63, 3.8) is 0 Å². The summed E-state index contributed by atoms with van der Waals surface area (Å²) >= 11 is 14.9. The molecule has 3 aromatic rings. The average molecular weight is 456 g/mol. The number of benzene rings is 2. The van der Waals surface area contributed by atoms with E-state index in [1.165, 1.54) is 0 Å². The van der Waals surface area contributed by atoms with Crippen LogP contribution in [0.2, 0.25) is 5.02 Å². The second-order valence-electron chi connectivity index (χ2n) is 5.34. The minimum absolute atomic E-state index is 0.351. The molecule has 0 aliphatic heterocycles. The third-order valence-electron chi connectivity index (χ3n) is 3.67. The highest BCUT2D eigenvalue weighted by Gasteiger charge is 2.11. The lowest BCUT2D eigenvalue weighted by Crippen LogP contribution is -2.14. The molecule has 1 aromatic heterocycles. The summed E-state index contributed by atoms with van der Waals surface area (Å²) in [7, 11) is 1.61. The molecular formula is C17H16BrClN4O2S. The summed E-state index contributed by atoms with van der Waals surface area (Å²) in [4.78, 5) is 0. The highest BCUT2D eigenvalue weighted by Crippen LogP contribution is 2.34. The molecule has 3 rings (SSSR count). The predicted octanol–water partition coefficient (Wildman–Crippen LogP) is 4.69. The Kier molecular flexibility index (Phi) is 6.18. The van der Waals surface area contributed by atoms with Gasteiger partial charge in [-0.15, -0.1) is 0 Å². The monoisotopic (exact) mass is 454 g/mol. The van der Waals surface area contributed by atoms with Gasteiger partial charge in [0, 0.05) is 15.1 Å². The van der Waals surface area contributed by atoms with Crippen molar-refractivity contribution < 1.29 is 9.47 Å². The Labute approximate surface area is 169 Å². The molecule has 0 unspecified atom stereocenters. The van der Waals surface area contributed by atoms with E-state index >= 15 is 0 Å². The molecular weight excluding hydrogens is 440 g/mol. The molecule has 0 aliphatic rings. The van der Waals surface area contributed by atoms with E-state index in [4.69, 9.17) is 33.3 Å². The lowest BCUT2D eigenvalue weighted by Gasteiger charge is -2.15. The standard InChI is InChI=1S/C17H16BrClN4O2S/c1-24-15-6-12(8-21-23-10-20-22-17(23)26)13(18)7-16(15)25-9-11-4-2-3-5-14(11)19/h2-7,10,21H,8-9H2,1H3,(H,22,26). The Hall–Kier alpha value is -2.03. The lowest BCUT2D eigenvalue weighted by molar-refractivity contribution is 0.284. The Bertz CT molecular complexity index is 960. The van der Waals surface area contributed by atoms with Crippen molar-refractivity contribution in [1.82, 2.24) is 14.9 Å². The number of aromatic amines is 1. The van der Waals surface area contributed by atoms with Gasteiger partial charge in [0.2, 0.25) is 4.77 Å². The van der Waals surface area contributed by atoms with Crippen molar-refractivity contribution in [2.75, 3.05) is 12.5 Å². The summed E-state index contributed by atoms with van der Waals surface area (Å²) in [5, 5.41) is 7.22. The van der Waals surface area contributed by atoms with Gasteiger partial charge in [0.15, 0.2) is 11.5 Å². The molecule has 0 amide bonds. The summed E-state index contributed by atoms with van der Waals surface area (Å²) in [6.45, 7) is 0.875. The maximum Gasteiger partial charge on any atom is 0.214 e. The Morgan fingerprint density at radius 3 is 2.77 bits per heavy atom. The van der Waals surface area contributed by atoms with Gasteiger partial charge in [-0.1, -0.05) is 45.7 Å². The van der Waals surface area contributed by atoms with Crippen LogP contribution >= 0.6 is 39.7 Å². The first-order valence-electron chi connectivity index (χ1n) is 7.67. The Balaban J connectivity index is 1.75. The number of H-pyrrole nitrogens is 1. The number of rotatable bonds is 7. The van der Waals surface area contributed by atoms with Gasteiger partial charge in [-0.05, 0) is 36.0 Å². The summed E-state index contributed by atoms with van der Waals surface area (Å²) < 4.78 is 14.4. The number of hydrogen-bond donors (Lipinski definition) is 2. The van der Waals surface area contributed by atoms with Gasteiger partial charge in [0.05, 0.1) is 13.7 Å². The van der Waals surface area contributed by atoms with Crippen LogP contribution in [0.1, 0.15) is 11.1 Å². The number of hydrogen-bond acceptors (Lipinski definition) is 5. The van der Waals surface area contributed by atoms with E-state index in [2.05, 4.69) is 31.6 Å². The molecule has 0 spiro atoms. The van der Waals surface area contributed by atoms with Crippen molar-refractivity contribution in [3.8, 4) is 11.5 Å². The molecule has 0 bridgehead atoms. The van der Waals surface area contributed by atoms with E-state index < -0.39 is 0 Å². The first kappa shape index (κ1) is 18.8. The van der Waals surface area contributed by atoms with Crippen LogP contribution in [0.3, 0.4) is 0 Å². The molecule has 0 radical (unpaired) electrons. The average Bonchev–Trinajstić information content (AvgIpc) is 3.05. The van der Waals surface area contributed by atoms with E-state index in [0.717, 1.165) is 15.6 Å². The van der Waals surface area contributed by atoms with Gasteiger partial charge < -0.3 is 14.9 Å². The zero-order chi connectivity index (χ0) is 18.5. The normalized spacial score (nSPS) is 10.6. The molecule has 2 N–H and O–H groups in total. The number of aromatic nitrogens is 3. The van der Waals surface area contributed by atoms with E-state index in [9.17, 15) is 0 Å². The van der Waals surface area contributed by atoms with Crippen LogP contribution < -0.4 is 14.9 Å². The highest BCUT2D eigenvalue weighted by molar-refractivity contribution is 9.10. The van der Waals surface area contributed by atoms with Gasteiger partial charge in [-0.25, -0.2) is 4.68 Å². The van der Waals surface area contributed by atoms with Crippen molar-refractivity contribution in [2.45, 2.75) is 13.2 Å². The minimum Gasteiger partial charge on any atom is -0.493 e. The third-order valence-corrected chi connectivity index (χ3v) is 5.06. The SMILES string of the molecule is COc1cc(CNn2cn[nH]c2=S)c(Br)cc1OCc1ccccc1Cl. The second-order valence-corrected chi connectivity index (χ2v) is 6.99. The second kappa shape index (κ2) is 8.57. The molecule has 0 fully saturated rings. The number of nitrogens with one attached hydrogen (secondary N) is 2. The zero-order valence-electron chi connectivity index (χ0n) is 13.8. The van der Waals surface area contributed by atoms with Crippen LogP contribution in [0.4, 0.5) is 0 Å². The number of nitrogens with zero attached hydrogens (tertiary/aromatic N) is 2. The maximum absolute atomic E-state index is 6.18. The van der Waals surface area contributed by atoms with E-state index in [1.54, 1.807) is 18.1 Å². The summed E-state index contributed by atoms with van der Waals surface area (Å²) in [5.74, 6) is 1.26. The van der Waals surface area contributed by atoms with Gasteiger partial charge in [0.1, 0.15) is 12.9 Å². The Morgan fingerprint density at radius 1 is 1.27 bits per heavy atom. The number of methoxy groups -OCH3 is 1. The molecule has 136 valence electrons. The fourth-order valence-electron chi connectivity index (χ4n) is 2.29. The van der Waals surface area contributed by atoms with E-state index in [-0.39, 0.29) is 0 Å². The van der Waals surface area contributed by atoms with Crippen molar-refractivity contribution in [3.05, 3.63) is 68.1 Å². The summed E-state index contributed by atoms with van der Waals surface area (Å²) in [6, 6.07) is 11.4. The van der Waals surface area contributed by atoms with Crippen LogP contribution in [-0.2, 0) is 13.2 Å². The topological polar surface area (TPSA) is 64.1 Å². The third kappa shape index (κ3) is 4.38. The highest BCUT2D eigenvalue weighted by atomic mass is 79.9. The smallest absolute Gasteiger partial charge is 0.214 e. The van der Waals surface area contributed by atoms with Gasteiger partial charge in [-0.3, -0.25) is 5.10 Å². The minimum atomic E-state index is 0.351. The first-order valence-corrected chi connectivity index (χ1v) is 9.25. The van der Waals surface area contributed by atoms with Crippen LogP contribution in [0.15, 0.2) is 47.2 Å². The maximum atomic E-state index is 6.18.